The second-order valence-corrected chi connectivity index (χ2v) is 5.98. The van der Waals surface area contributed by atoms with E-state index in [2.05, 4.69) is 10.3 Å². The summed E-state index contributed by atoms with van der Waals surface area (Å²) in [6.07, 6.45) is -0.968. The van der Waals surface area contributed by atoms with Crippen LogP contribution in [0.15, 0.2) is 47.3 Å². The van der Waals surface area contributed by atoms with Crippen LogP contribution in [-0.2, 0) is 7.05 Å². The number of carbonyl (C=O) groups is 1. The number of aromatic nitrogens is 2. The van der Waals surface area contributed by atoms with Crippen molar-refractivity contribution >= 4 is 16.9 Å². The Hall–Kier alpha value is -2.93. The van der Waals surface area contributed by atoms with Crippen LogP contribution in [0.25, 0.3) is 11.0 Å². The third kappa shape index (κ3) is 3.32. The maximum atomic E-state index is 13.0. The van der Waals surface area contributed by atoms with Gasteiger partial charge in [0.15, 0.2) is 0 Å². The highest BCUT2D eigenvalue weighted by atomic mass is 19.1. The van der Waals surface area contributed by atoms with E-state index in [4.69, 9.17) is 0 Å². The molecule has 1 aromatic heterocycles. The second-order valence-electron chi connectivity index (χ2n) is 5.98. The van der Waals surface area contributed by atoms with Crippen molar-refractivity contribution in [2.45, 2.75) is 19.1 Å². The first-order chi connectivity index (χ1) is 11.9. The van der Waals surface area contributed by atoms with E-state index in [0.29, 0.717) is 22.2 Å². The number of imidazole rings is 1. The summed E-state index contributed by atoms with van der Waals surface area (Å²) < 4.78 is 14.4. The Morgan fingerprint density at radius 2 is 1.92 bits per heavy atom. The van der Waals surface area contributed by atoms with E-state index in [1.165, 1.54) is 28.8 Å². The van der Waals surface area contributed by atoms with Gasteiger partial charge in [-0.2, -0.15) is 0 Å². The van der Waals surface area contributed by atoms with Gasteiger partial charge in [-0.1, -0.05) is 12.1 Å². The molecule has 2 atom stereocenters. The van der Waals surface area contributed by atoms with Crippen LogP contribution in [-0.4, -0.2) is 26.6 Å². The third-order valence-electron chi connectivity index (χ3n) is 4.21. The number of H-pyrrole nitrogens is 1. The molecule has 6 nitrogen and oxygen atoms in total. The molecule has 3 rings (SSSR count). The van der Waals surface area contributed by atoms with Crippen molar-refractivity contribution < 1.29 is 14.3 Å². The number of fused-ring (bicyclic) bond motifs is 1. The molecule has 0 radical (unpaired) electrons. The van der Waals surface area contributed by atoms with Gasteiger partial charge in [-0.15, -0.1) is 0 Å². The zero-order valence-corrected chi connectivity index (χ0v) is 13.8. The van der Waals surface area contributed by atoms with Crippen molar-refractivity contribution in [2.75, 3.05) is 0 Å². The van der Waals surface area contributed by atoms with E-state index >= 15 is 0 Å². The van der Waals surface area contributed by atoms with Gasteiger partial charge in [-0.3, -0.25) is 9.36 Å². The topological polar surface area (TPSA) is 87.1 Å². The minimum Gasteiger partial charge on any atom is -0.386 e. The van der Waals surface area contributed by atoms with Crippen LogP contribution in [0.4, 0.5) is 4.39 Å². The Balaban J connectivity index is 1.77. The average Bonchev–Trinajstić information content (AvgIpc) is 2.88. The summed E-state index contributed by atoms with van der Waals surface area (Å²) in [6, 6.07) is 9.77. The lowest BCUT2D eigenvalue weighted by Crippen LogP contribution is -2.37. The number of hydrogen-bond acceptors (Lipinski definition) is 3. The Bertz CT molecular complexity index is 975. The molecule has 25 heavy (non-hydrogen) atoms. The summed E-state index contributed by atoms with van der Waals surface area (Å²) >= 11 is 0. The van der Waals surface area contributed by atoms with Gasteiger partial charge in [0.2, 0.25) is 0 Å². The van der Waals surface area contributed by atoms with Crippen molar-refractivity contribution in [1.82, 2.24) is 14.9 Å². The highest BCUT2D eigenvalue weighted by molar-refractivity contribution is 5.97. The first kappa shape index (κ1) is 16.9. The van der Waals surface area contributed by atoms with E-state index in [9.17, 15) is 19.1 Å². The molecule has 0 spiro atoms. The standard InChI is InChI=1S/C18H18FN3O3/c1-10(16(23)11-3-6-13(19)7-4-11)20-17(24)12-5-8-15-14(9-12)21-18(25)22(15)2/h3-10,16,23H,1-2H3,(H,20,24)(H,21,25). The average molecular weight is 343 g/mol. The zero-order chi connectivity index (χ0) is 18.1. The summed E-state index contributed by atoms with van der Waals surface area (Å²) in [4.78, 5) is 26.7. The molecule has 7 heteroatoms. The van der Waals surface area contributed by atoms with Crippen molar-refractivity contribution in [3.63, 3.8) is 0 Å². The number of hydrogen-bond donors (Lipinski definition) is 3. The quantitative estimate of drug-likeness (QED) is 0.676. The first-order valence-corrected chi connectivity index (χ1v) is 7.80. The molecule has 2 unspecified atom stereocenters. The summed E-state index contributed by atoms with van der Waals surface area (Å²) in [5.41, 5.74) is 1.88. The fourth-order valence-electron chi connectivity index (χ4n) is 2.70. The van der Waals surface area contributed by atoms with E-state index in [1.807, 2.05) is 0 Å². The largest absolute Gasteiger partial charge is 0.386 e. The fraction of sp³-hybridized carbons (Fsp3) is 0.222. The second kappa shape index (κ2) is 6.52. The number of rotatable bonds is 4. The monoisotopic (exact) mass is 343 g/mol. The number of benzene rings is 2. The Morgan fingerprint density at radius 1 is 1.24 bits per heavy atom. The predicted molar refractivity (Wildman–Crippen MR) is 91.8 cm³/mol. The Labute approximate surface area is 142 Å². The van der Waals surface area contributed by atoms with Crippen LogP contribution in [0.5, 0.6) is 0 Å². The number of aliphatic hydroxyl groups is 1. The van der Waals surface area contributed by atoms with Crippen molar-refractivity contribution in [3.8, 4) is 0 Å². The molecule has 3 N–H and O–H groups in total. The van der Waals surface area contributed by atoms with Crippen LogP contribution in [0.3, 0.4) is 0 Å². The highest BCUT2D eigenvalue weighted by Gasteiger charge is 2.19. The number of nitrogens with zero attached hydrogens (tertiary/aromatic N) is 1. The lowest BCUT2D eigenvalue weighted by Gasteiger charge is -2.20. The predicted octanol–water partition coefficient (Wildman–Crippen LogP) is 1.86. The summed E-state index contributed by atoms with van der Waals surface area (Å²) in [6.45, 7) is 1.66. The van der Waals surface area contributed by atoms with Crippen LogP contribution < -0.4 is 11.0 Å². The summed E-state index contributed by atoms with van der Waals surface area (Å²) in [7, 11) is 1.64. The molecular weight excluding hydrogens is 325 g/mol. The maximum absolute atomic E-state index is 13.0. The van der Waals surface area contributed by atoms with Gasteiger partial charge in [0, 0.05) is 12.6 Å². The fourth-order valence-corrected chi connectivity index (χ4v) is 2.70. The molecule has 1 amide bonds. The first-order valence-electron chi connectivity index (χ1n) is 7.80. The molecule has 0 fully saturated rings. The number of halogens is 1. The van der Waals surface area contributed by atoms with E-state index in [0.717, 1.165) is 0 Å². The normalized spacial score (nSPS) is 13.6. The number of amides is 1. The molecule has 1 heterocycles. The van der Waals surface area contributed by atoms with E-state index in [1.54, 1.807) is 32.2 Å². The van der Waals surface area contributed by atoms with Crippen LogP contribution in [0.1, 0.15) is 28.9 Å². The molecular formula is C18H18FN3O3. The van der Waals surface area contributed by atoms with E-state index in [-0.39, 0.29) is 11.6 Å². The van der Waals surface area contributed by atoms with Crippen molar-refractivity contribution in [3.05, 3.63) is 69.9 Å². The lowest BCUT2D eigenvalue weighted by molar-refractivity contribution is 0.0852. The number of nitrogens with one attached hydrogen (secondary N) is 2. The number of aromatic amines is 1. The van der Waals surface area contributed by atoms with Crippen molar-refractivity contribution in [1.29, 1.82) is 0 Å². The minimum absolute atomic E-state index is 0.257. The summed E-state index contributed by atoms with van der Waals surface area (Å²) in [5, 5.41) is 13.0. The van der Waals surface area contributed by atoms with Gasteiger partial charge >= 0.3 is 5.69 Å². The SMILES string of the molecule is CC(NC(=O)c1ccc2c(c1)[nH]c(=O)n2C)C(O)c1ccc(F)cc1. The molecule has 0 aliphatic rings. The number of aliphatic hydroxyl groups excluding tert-OH is 1. The Morgan fingerprint density at radius 3 is 2.60 bits per heavy atom. The number of carbonyl (C=O) groups excluding carboxylic acids is 1. The molecule has 3 aromatic rings. The van der Waals surface area contributed by atoms with Crippen LogP contribution in [0.2, 0.25) is 0 Å². The van der Waals surface area contributed by atoms with Gasteiger partial charge in [-0.05, 0) is 42.8 Å². The molecule has 130 valence electrons. The van der Waals surface area contributed by atoms with Gasteiger partial charge in [-0.25, -0.2) is 9.18 Å². The van der Waals surface area contributed by atoms with Gasteiger partial charge < -0.3 is 15.4 Å². The molecule has 0 aliphatic heterocycles. The molecule has 0 saturated carbocycles. The highest BCUT2D eigenvalue weighted by Crippen LogP contribution is 2.18. The molecule has 0 aliphatic carbocycles. The summed E-state index contributed by atoms with van der Waals surface area (Å²) in [5.74, 6) is -0.766. The van der Waals surface area contributed by atoms with Crippen molar-refractivity contribution in [2.24, 2.45) is 7.05 Å². The van der Waals surface area contributed by atoms with Gasteiger partial charge in [0.25, 0.3) is 5.91 Å². The van der Waals surface area contributed by atoms with Crippen LogP contribution in [0, 0.1) is 5.82 Å². The lowest BCUT2D eigenvalue weighted by atomic mass is 10.0. The smallest absolute Gasteiger partial charge is 0.326 e. The van der Waals surface area contributed by atoms with Crippen LogP contribution >= 0.6 is 0 Å². The molecule has 0 bridgehead atoms. The van der Waals surface area contributed by atoms with Gasteiger partial charge in [0.1, 0.15) is 5.82 Å². The Kier molecular flexibility index (Phi) is 4.41. The third-order valence-corrected chi connectivity index (χ3v) is 4.21. The number of aryl methyl sites for hydroxylation is 1. The molecule has 0 saturated heterocycles. The van der Waals surface area contributed by atoms with Gasteiger partial charge in [0.05, 0.1) is 23.2 Å². The zero-order valence-electron chi connectivity index (χ0n) is 13.8. The molecule has 2 aromatic carbocycles. The van der Waals surface area contributed by atoms with E-state index < -0.39 is 18.0 Å². The minimum atomic E-state index is -0.968. The maximum Gasteiger partial charge on any atom is 0.326 e.